The predicted molar refractivity (Wildman–Crippen MR) is 151 cm³/mol. The van der Waals surface area contributed by atoms with Crippen LogP contribution < -0.4 is 0 Å². The highest BCUT2D eigenvalue weighted by atomic mass is 16.5. The fraction of sp³-hybridized carbons (Fsp3) is 0.875. The minimum Gasteiger partial charge on any atom is -0.467 e. The minimum absolute atomic E-state index is 1.07. The molecule has 1 heteroatoms. The van der Waals surface area contributed by atoms with E-state index < -0.39 is 0 Å². The van der Waals surface area contributed by atoms with Gasteiger partial charge in [0.2, 0.25) is 0 Å². The summed E-state index contributed by atoms with van der Waals surface area (Å²) in [5, 5.41) is 0. The minimum atomic E-state index is 1.07. The van der Waals surface area contributed by atoms with Crippen molar-refractivity contribution in [1.29, 1.82) is 0 Å². The Morgan fingerprint density at radius 2 is 0.667 bits per heavy atom. The lowest BCUT2D eigenvalue weighted by molar-refractivity contribution is 0.267. The fourth-order valence-corrected chi connectivity index (χ4v) is 4.59. The molecule has 0 rings (SSSR count). The smallest absolute Gasteiger partial charge is 0.0996 e. The van der Waals surface area contributed by atoms with Gasteiger partial charge < -0.3 is 4.74 Å². The number of hydrogen-bond donors (Lipinski definition) is 0. The Hall–Kier alpha value is -0.720. The average Bonchev–Trinajstić information content (AvgIpc) is 2.81. The van der Waals surface area contributed by atoms with Crippen LogP contribution in [0.5, 0.6) is 0 Å². The second kappa shape index (κ2) is 27.5. The molecule has 196 valence electrons. The van der Waals surface area contributed by atoms with Crippen molar-refractivity contribution in [3.05, 3.63) is 23.7 Å². The van der Waals surface area contributed by atoms with Gasteiger partial charge >= 0.3 is 0 Å². The Bertz CT molecular complexity index is 394. The standard InChI is InChI=1S/C32H62O/c1-5-9-11-13-15-17-19-21-23-25-29-31(27-7-3)33-32(28-8-4)30-26-24-22-20-18-16-14-12-10-6-2/h27-28H,5-26,29-30H2,1-4H3/b31-27+,32-28+. The van der Waals surface area contributed by atoms with Crippen LogP contribution in [0, 0.1) is 0 Å². The summed E-state index contributed by atoms with van der Waals surface area (Å²) in [5.41, 5.74) is 0. The third-order valence-electron chi connectivity index (χ3n) is 6.68. The van der Waals surface area contributed by atoms with E-state index in [0.717, 1.165) is 25.7 Å². The van der Waals surface area contributed by atoms with Crippen molar-refractivity contribution in [2.24, 2.45) is 0 Å². The van der Waals surface area contributed by atoms with Crippen molar-refractivity contribution < 1.29 is 4.74 Å². The van der Waals surface area contributed by atoms with Gasteiger partial charge in [-0.3, -0.25) is 0 Å². The van der Waals surface area contributed by atoms with Gasteiger partial charge in [-0.25, -0.2) is 0 Å². The fourth-order valence-electron chi connectivity index (χ4n) is 4.59. The number of rotatable bonds is 26. The zero-order chi connectivity index (χ0) is 24.2. The van der Waals surface area contributed by atoms with E-state index in [-0.39, 0.29) is 0 Å². The van der Waals surface area contributed by atoms with E-state index in [1.54, 1.807) is 0 Å². The van der Waals surface area contributed by atoms with Gasteiger partial charge in [0.15, 0.2) is 0 Å². The molecule has 0 saturated heterocycles. The van der Waals surface area contributed by atoms with Gasteiger partial charge in [-0.2, -0.15) is 0 Å². The van der Waals surface area contributed by atoms with E-state index in [4.69, 9.17) is 4.74 Å². The first kappa shape index (κ1) is 32.3. The highest BCUT2D eigenvalue weighted by Crippen LogP contribution is 2.21. The molecule has 0 radical (unpaired) electrons. The van der Waals surface area contributed by atoms with Crippen LogP contribution in [0.15, 0.2) is 23.7 Å². The van der Waals surface area contributed by atoms with Crippen LogP contribution >= 0.6 is 0 Å². The lowest BCUT2D eigenvalue weighted by Gasteiger charge is -2.14. The molecule has 0 aliphatic rings. The van der Waals surface area contributed by atoms with Crippen molar-refractivity contribution in [3.63, 3.8) is 0 Å². The number of allylic oxidation sites excluding steroid dienone is 4. The number of unbranched alkanes of at least 4 members (excludes halogenated alkanes) is 18. The first-order valence-electron chi connectivity index (χ1n) is 15.3. The molecule has 0 N–H and O–H groups in total. The highest BCUT2D eigenvalue weighted by Gasteiger charge is 2.05. The van der Waals surface area contributed by atoms with Crippen molar-refractivity contribution in [2.75, 3.05) is 0 Å². The molecule has 1 nitrogen and oxygen atoms in total. The van der Waals surface area contributed by atoms with Crippen LogP contribution in [-0.2, 0) is 4.74 Å². The topological polar surface area (TPSA) is 9.23 Å². The van der Waals surface area contributed by atoms with E-state index in [0.29, 0.717) is 0 Å². The zero-order valence-corrected chi connectivity index (χ0v) is 23.5. The SMILES string of the molecule is CC/C=C(\CCCCCCCCCCCC)O/C(=C/CC)CCCCCCCCCCCC. The average molecular weight is 463 g/mol. The highest BCUT2D eigenvalue weighted by molar-refractivity contribution is 5.02. The number of ether oxygens (including phenoxy) is 1. The molecule has 0 aromatic carbocycles. The van der Waals surface area contributed by atoms with Gasteiger partial charge in [-0.05, 0) is 37.8 Å². The van der Waals surface area contributed by atoms with Crippen molar-refractivity contribution in [3.8, 4) is 0 Å². The molecule has 0 atom stereocenters. The molecular weight excluding hydrogens is 400 g/mol. The molecule has 0 aromatic rings. The van der Waals surface area contributed by atoms with Gasteiger partial charge in [0.25, 0.3) is 0 Å². The molecule has 0 saturated carbocycles. The third kappa shape index (κ3) is 24.2. The molecular formula is C32H62O. The molecule has 0 aromatic heterocycles. The first-order valence-corrected chi connectivity index (χ1v) is 15.3. The van der Waals surface area contributed by atoms with Crippen molar-refractivity contribution in [2.45, 2.75) is 182 Å². The van der Waals surface area contributed by atoms with Crippen LogP contribution in [-0.4, -0.2) is 0 Å². The normalized spacial score (nSPS) is 12.5. The van der Waals surface area contributed by atoms with Crippen LogP contribution in [0.25, 0.3) is 0 Å². The maximum absolute atomic E-state index is 6.42. The molecule has 0 unspecified atom stereocenters. The quantitative estimate of drug-likeness (QED) is 0.0917. The van der Waals surface area contributed by atoms with Crippen LogP contribution in [0.2, 0.25) is 0 Å². The van der Waals surface area contributed by atoms with Crippen molar-refractivity contribution in [1.82, 2.24) is 0 Å². The largest absolute Gasteiger partial charge is 0.467 e. The van der Waals surface area contributed by atoms with E-state index in [1.165, 1.54) is 140 Å². The Kier molecular flexibility index (Phi) is 26.9. The van der Waals surface area contributed by atoms with Gasteiger partial charge in [0.1, 0.15) is 0 Å². The lowest BCUT2D eigenvalue weighted by Crippen LogP contribution is -1.96. The molecule has 0 aliphatic heterocycles. The molecule has 0 bridgehead atoms. The van der Waals surface area contributed by atoms with Gasteiger partial charge in [-0.15, -0.1) is 0 Å². The third-order valence-corrected chi connectivity index (χ3v) is 6.68. The summed E-state index contributed by atoms with van der Waals surface area (Å²) >= 11 is 0. The Balaban J connectivity index is 3.93. The predicted octanol–water partition coefficient (Wildman–Crippen LogP) is 12.2. The van der Waals surface area contributed by atoms with E-state index in [1.807, 2.05) is 0 Å². The molecule has 0 spiro atoms. The zero-order valence-electron chi connectivity index (χ0n) is 23.5. The van der Waals surface area contributed by atoms with E-state index >= 15 is 0 Å². The second-order valence-corrected chi connectivity index (χ2v) is 10.1. The summed E-state index contributed by atoms with van der Waals surface area (Å²) in [6, 6.07) is 0. The van der Waals surface area contributed by atoms with Crippen LogP contribution in [0.4, 0.5) is 0 Å². The second-order valence-electron chi connectivity index (χ2n) is 10.1. The summed E-state index contributed by atoms with van der Waals surface area (Å²) in [6.45, 7) is 9.05. The maximum Gasteiger partial charge on any atom is 0.0996 e. The number of hydrogen-bond acceptors (Lipinski definition) is 1. The van der Waals surface area contributed by atoms with Crippen LogP contribution in [0.1, 0.15) is 182 Å². The first-order chi connectivity index (χ1) is 16.3. The van der Waals surface area contributed by atoms with Gasteiger partial charge in [-0.1, -0.05) is 143 Å². The summed E-state index contributed by atoms with van der Waals surface area (Å²) in [5.74, 6) is 2.45. The molecule has 0 aliphatic carbocycles. The Labute approximate surface area is 210 Å². The lowest BCUT2D eigenvalue weighted by atomic mass is 10.0. The summed E-state index contributed by atoms with van der Waals surface area (Å²) in [4.78, 5) is 0. The van der Waals surface area contributed by atoms with Gasteiger partial charge in [0.05, 0.1) is 11.5 Å². The summed E-state index contributed by atoms with van der Waals surface area (Å²) in [6.07, 6.45) is 36.9. The summed E-state index contributed by atoms with van der Waals surface area (Å²) in [7, 11) is 0. The van der Waals surface area contributed by atoms with Crippen LogP contribution in [0.3, 0.4) is 0 Å². The van der Waals surface area contributed by atoms with Gasteiger partial charge in [0, 0.05) is 12.8 Å². The monoisotopic (exact) mass is 462 g/mol. The summed E-state index contributed by atoms with van der Waals surface area (Å²) < 4.78 is 6.42. The molecule has 0 fully saturated rings. The maximum atomic E-state index is 6.42. The van der Waals surface area contributed by atoms with E-state index in [2.05, 4.69) is 39.8 Å². The van der Waals surface area contributed by atoms with Crippen molar-refractivity contribution >= 4 is 0 Å². The molecule has 33 heavy (non-hydrogen) atoms. The molecule has 0 heterocycles. The Morgan fingerprint density at radius 3 is 0.939 bits per heavy atom. The Morgan fingerprint density at radius 1 is 0.394 bits per heavy atom. The molecule has 0 amide bonds. The van der Waals surface area contributed by atoms with E-state index in [9.17, 15) is 0 Å².